The van der Waals surface area contributed by atoms with Crippen LogP contribution in [0, 0.1) is 0 Å². The van der Waals surface area contributed by atoms with Crippen LogP contribution in [0.15, 0.2) is 18.2 Å². The van der Waals surface area contributed by atoms with E-state index in [9.17, 15) is 9.90 Å². The van der Waals surface area contributed by atoms with E-state index >= 15 is 0 Å². The Morgan fingerprint density at radius 2 is 2.10 bits per heavy atom. The van der Waals surface area contributed by atoms with E-state index in [4.69, 9.17) is 5.73 Å². The molecule has 1 aliphatic carbocycles. The molecule has 0 bridgehead atoms. The number of aromatic nitrogens is 1. The second-order valence-electron chi connectivity index (χ2n) is 5.43. The monoisotopic (exact) mass is 272 g/mol. The quantitative estimate of drug-likeness (QED) is 0.898. The Morgan fingerprint density at radius 3 is 2.85 bits per heavy atom. The first kappa shape index (κ1) is 13.2. The van der Waals surface area contributed by atoms with Crippen LogP contribution in [0.1, 0.15) is 40.9 Å². The lowest BCUT2D eigenvalue weighted by atomic mass is 9.95. The van der Waals surface area contributed by atoms with Crippen molar-refractivity contribution in [3.8, 4) is 0 Å². The number of aryl methyl sites for hydroxylation is 2. The van der Waals surface area contributed by atoms with Crippen molar-refractivity contribution >= 4 is 16.9 Å². The van der Waals surface area contributed by atoms with E-state index in [-0.39, 0.29) is 0 Å². The molecule has 4 nitrogen and oxygen atoms in total. The minimum atomic E-state index is -0.848. The molecule has 1 heterocycles. The van der Waals surface area contributed by atoms with Crippen molar-refractivity contribution in [2.24, 2.45) is 5.73 Å². The van der Waals surface area contributed by atoms with Crippen molar-refractivity contribution in [2.45, 2.75) is 38.6 Å². The Bertz CT molecular complexity index is 658. The molecule has 0 atom stereocenters. The van der Waals surface area contributed by atoms with Gasteiger partial charge in [0.25, 0.3) is 0 Å². The van der Waals surface area contributed by atoms with Gasteiger partial charge in [-0.25, -0.2) is 4.79 Å². The SMILES string of the molecule is NCCCn1c2c(c3cccc(C(=O)O)c31)CCCC2. The molecule has 3 rings (SSSR count). The number of nitrogens with two attached hydrogens (primary N) is 1. The summed E-state index contributed by atoms with van der Waals surface area (Å²) in [6.07, 6.45) is 5.37. The first-order valence-corrected chi connectivity index (χ1v) is 7.30. The lowest BCUT2D eigenvalue weighted by Crippen LogP contribution is -2.12. The van der Waals surface area contributed by atoms with Gasteiger partial charge in [-0.3, -0.25) is 0 Å². The summed E-state index contributed by atoms with van der Waals surface area (Å²) in [6.45, 7) is 1.44. The predicted octanol–water partition coefficient (Wildman–Crippen LogP) is 2.57. The topological polar surface area (TPSA) is 68.2 Å². The fourth-order valence-corrected chi connectivity index (χ4v) is 3.36. The number of nitrogens with zero attached hydrogens (tertiary/aromatic N) is 1. The van der Waals surface area contributed by atoms with Gasteiger partial charge in [0.1, 0.15) is 0 Å². The van der Waals surface area contributed by atoms with Crippen molar-refractivity contribution in [3.63, 3.8) is 0 Å². The second kappa shape index (κ2) is 5.29. The summed E-state index contributed by atoms with van der Waals surface area (Å²) in [6, 6.07) is 5.62. The largest absolute Gasteiger partial charge is 0.478 e. The maximum absolute atomic E-state index is 11.5. The Labute approximate surface area is 118 Å². The third-order valence-corrected chi connectivity index (χ3v) is 4.21. The number of para-hydroxylation sites is 1. The van der Waals surface area contributed by atoms with Gasteiger partial charge in [0.15, 0.2) is 0 Å². The van der Waals surface area contributed by atoms with Gasteiger partial charge in [0, 0.05) is 17.6 Å². The Morgan fingerprint density at radius 1 is 1.30 bits per heavy atom. The zero-order valence-corrected chi connectivity index (χ0v) is 11.6. The summed E-state index contributed by atoms with van der Waals surface area (Å²) in [5, 5.41) is 10.6. The molecule has 20 heavy (non-hydrogen) atoms. The van der Waals surface area contributed by atoms with E-state index in [2.05, 4.69) is 10.6 Å². The summed E-state index contributed by atoms with van der Waals surface area (Å²) in [5.41, 5.74) is 9.61. The fourth-order valence-electron chi connectivity index (χ4n) is 3.36. The van der Waals surface area contributed by atoms with Crippen LogP contribution in [0.4, 0.5) is 0 Å². The van der Waals surface area contributed by atoms with E-state index in [1.165, 1.54) is 24.1 Å². The third kappa shape index (κ3) is 2.00. The molecule has 106 valence electrons. The highest BCUT2D eigenvalue weighted by molar-refractivity contribution is 6.04. The number of carboxylic acids is 1. The van der Waals surface area contributed by atoms with Crippen molar-refractivity contribution < 1.29 is 9.90 Å². The van der Waals surface area contributed by atoms with Crippen molar-refractivity contribution in [1.82, 2.24) is 4.57 Å². The Balaban J connectivity index is 2.28. The molecule has 1 aromatic carbocycles. The summed E-state index contributed by atoms with van der Waals surface area (Å²) in [4.78, 5) is 11.5. The first-order valence-electron chi connectivity index (χ1n) is 7.30. The molecule has 0 saturated heterocycles. The normalized spacial score (nSPS) is 14.4. The molecular formula is C16H20N2O2. The standard InChI is InChI=1S/C16H20N2O2/c17-9-4-10-18-14-8-2-1-5-11(14)12-6-3-7-13(15(12)18)16(19)20/h3,6-7H,1-2,4-5,8-10,17H2,(H,19,20). The molecule has 4 heteroatoms. The van der Waals surface area contributed by atoms with E-state index < -0.39 is 5.97 Å². The number of fused-ring (bicyclic) bond motifs is 3. The molecule has 0 aliphatic heterocycles. The van der Waals surface area contributed by atoms with Gasteiger partial charge in [-0.2, -0.15) is 0 Å². The number of hydrogen-bond acceptors (Lipinski definition) is 2. The summed E-state index contributed by atoms with van der Waals surface area (Å²) in [7, 11) is 0. The van der Waals surface area contributed by atoms with Crippen molar-refractivity contribution in [3.05, 3.63) is 35.0 Å². The molecule has 0 unspecified atom stereocenters. The molecule has 3 N–H and O–H groups in total. The van der Waals surface area contributed by atoms with E-state index in [1.807, 2.05) is 6.07 Å². The molecule has 0 saturated carbocycles. The number of hydrogen-bond donors (Lipinski definition) is 2. The molecule has 1 aliphatic rings. The van der Waals surface area contributed by atoms with Gasteiger partial charge in [-0.15, -0.1) is 0 Å². The maximum atomic E-state index is 11.5. The highest BCUT2D eigenvalue weighted by Crippen LogP contribution is 2.34. The number of carbonyl (C=O) groups is 1. The maximum Gasteiger partial charge on any atom is 0.337 e. The molecule has 0 amide bonds. The van der Waals surface area contributed by atoms with Gasteiger partial charge in [0.2, 0.25) is 0 Å². The highest BCUT2D eigenvalue weighted by Gasteiger charge is 2.23. The average Bonchev–Trinajstić information content (AvgIpc) is 2.79. The average molecular weight is 272 g/mol. The predicted molar refractivity (Wildman–Crippen MR) is 79.2 cm³/mol. The van der Waals surface area contributed by atoms with Gasteiger partial charge in [-0.05, 0) is 50.3 Å². The van der Waals surface area contributed by atoms with Crippen molar-refractivity contribution in [2.75, 3.05) is 6.54 Å². The lowest BCUT2D eigenvalue weighted by molar-refractivity contribution is 0.0698. The van der Waals surface area contributed by atoms with Crippen LogP contribution in [-0.2, 0) is 19.4 Å². The minimum absolute atomic E-state index is 0.411. The molecular weight excluding hydrogens is 252 g/mol. The summed E-state index contributed by atoms with van der Waals surface area (Å²) < 4.78 is 2.21. The zero-order chi connectivity index (χ0) is 14.1. The first-order chi connectivity index (χ1) is 9.74. The number of benzene rings is 1. The van der Waals surface area contributed by atoms with Crippen LogP contribution in [-0.4, -0.2) is 22.2 Å². The third-order valence-electron chi connectivity index (χ3n) is 4.21. The number of carboxylic acid groups (broad SMARTS) is 1. The smallest absolute Gasteiger partial charge is 0.337 e. The van der Waals surface area contributed by atoms with Crippen LogP contribution < -0.4 is 5.73 Å². The molecule has 0 radical (unpaired) electrons. The van der Waals surface area contributed by atoms with Crippen LogP contribution in [0.25, 0.3) is 10.9 Å². The van der Waals surface area contributed by atoms with Crippen LogP contribution in [0.5, 0.6) is 0 Å². The second-order valence-corrected chi connectivity index (χ2v) is 5.43. The van der Waals surface area contributed by atoms with Crippen LogP contribution in [0.2, 0.25) is 0 Å². The number of rotatable bonds is 4. The molecule has 1 aromatic heterocycles. The summed E-state index contributed by atoms with van der Waals surface area (Å²) >= 11 is 0. The van der Waals surface area contributed by atoms with Gasteiger partial charge in [0.05, 0.1) is 11.1 Å². The molecule has 2 aromatic rings. The summed E-state index contributed by atoms with van der Waals surface area (Å²) in [5.74, 6) is -0.848. The van der Waals surface area contributed by atoms with E-state index in [1.54, 1.807) is 6.07 Å². The van der Waals surface area contributed by atoms with Gasteiger partial charge in [-0.1, -0.05) is 12.1 Å². The van der Waals surface area contributed by atoms with Crippen molar-refractivity contribution in [1.29, 1.82) is 0 Å². The van der Waals surface area contributed by atoms with Crippen LogP contribution in [0.3, 0.4) is 0 Å². The van der Waals surface area contributed by atoms with Gasteiger partial charge >= 0.3 is 5.97 Å². The fraction of sp³-hybridized carbons (Fsp3) is 0.438. The van der Waals surface area contributed by atoms with E-state index in [0.717, 1.165) is 36.7 Å². The zero-order valence-electron chi connectivity index (χ0n) is 11.6. The molecule has 0 spiro atoms. The Hall–Kier alpha value is -1.81. The highest BCUT2D eigenvalue weighted by atomic mass is 16.4. The van der Waals surface area contributed by atoms with E-state index in [0.29, 0.717) is 12.1 Å². The number of aromatic carboxylic acids is 1. The minimum Gasteiger partial charge on any atom is -0.478 e. The Kier molecular flexibility index (Phi) is 3.49. The van der Waals surface area contributed by atoms with Crippen LogP contribution >= 0.6 is 0 Å². The van der Waals surface area contributed by atoms with Gasteiger partial charge < -0.3 is 15.4 Å². The lowest BCUT2D eigenvalue weighted by Gasteiger charge is -2.16. The molecule has 0 fully saturated rings.